The second kappa shape index (κ2) is 4.17. The van der Waals surface area contributed by atoms with Crippen molar-refractivity contribution in [1.82, 2.24) is 0 Å². The topological polar surface area (TPSA) is 57.6 Å². The number of carbonyl (C=O) groups excluding carboxylic acids is 1. The zero-order chi connectivity index (χ0) is 11.7. The number of rotatable bonds is 2. The zero-order valence-corrected chi connectivity index (χ0v) is 9.35. The molecule has 1 fully saturated rings. The van der Waals surface area contributed by atoms with Gasteiger partial charge in [-0.2, -0.15) is 0 Å². The number of thiol groups is 1. The van der Waals surface area contributed by atoms with E-state index in [4.69, 9.17) is 5.11 Å². The van der Waals surface area contributed by atoms with Crippen LogP contribution in [0.25, 0.3) is 0 Å². The number of amides is 1. The van der Waals surface area contributed by atoms with Crippen molar-refractivity contribution in [3.8, 4) is 0 Å². The molecule has 5 heteroatoms. The van der Waals surface area contributed by atoms with E-state index < -0.39 is 11.9 Å². The van der Waals surface area contributed by atoms with Crippen LogP contribution >= 0.6 is 12.6 Å². The van der Waals surface area contributed by atoms with Gasteiger partial charge in [0.15, 0.2) is 0 Å². The van der Waals surface area contributed by atoms with E-state index in [1.807, 2.05) is 6.07 Å². The Morgan fingerprint density at radius 2 is 2.25 bits per heavy atom. The van der Waals surface area contributed by atoms with Crippen molar-refractivity contribution in [2.75, 3.05) is 11.4 Å². The number of carboxylic acids is 1. The summed E-state index contributed by atoms with van der Waals surface area (Å²) >= 11 is 4.19. The van der Waals surface area contributed by atoms with Crippen LogP contribution in [-0.2, 0) is 9.59 Å². The Balaban J connectivity index is 2.23. The third-order valence-corrected chi connectivity index (χ3v) is 2.89. The van der Waals surface area contributed by atoms with Crippen LogP contribution in [0.15, 0.2) is 29.2 Å². The van der Waals surface area contributed by atoms with Gasteiger partial charge in [0.1, 0.15) is 0 Å². The number of carboxylic acid groups (broad SMARTS) is 1. The van der Waals surface area contributed by atoms with Crippen LogP contribution in [0.4, 0.5) is 5.69 Å². The van der Waals surface area contributed by atoms with Crippen molar-refractivity contribution in [2.24, 2.45) is 5.92 Å². The molecule has 0 aromatic heterocycles. The Bertz CT molecular complexity index is 447. The molecule has 1 N–H and O–H groups in total. The summed E-state index contributed by atoms with van der Waals surface area (Å²) in [5.41, 5.74) is 0.709. The second-order valence-corrected chi connectivity index (χ2v) is 4.28. The summed E-state index contributed by atoms with van der Waals surface area (Å²) in [4.78, 5) is 24.7. The minimum atomic E-state index is -0.919. The predicted octanol–water partition coefficient (Wildman–Crippen LogP) is 1.41. The maximum Gasteiger partial charge on any atom is 0.308 e. The number of aliphatic carboxylic acids is 1. The fourth-order valence-corrected chi connectivity index (χ4v) is 2.00. The summed E-state index contributed by atoms with van der Waals surface area (Å²) in [5, 5.41) is 8.86. The van der Waals surface area contributed by atoms with Crippen LogP contribution in [0, 0.1) is 5.92 Å². The minimum Gasteiger partial charge on any atom is -0.481 e. The summed E-state index contributed by atoms with van der Waals surface area (Å²) < 4.78 is 0. The van der Waals surface area contributed by atoms with E-state index in [9.17, 15) is 9.59 Å². The molecule has 1 aliphatic rings. The van der Waals surface area contributed by atoms with Crippen molar-refractivity contribution in [3.63, 3.8) is 0 Å². The molecule has 1 unspecified atom stereocenters. The first-order valence-corrected chi connectivity index (χ1v) is 5.35. The molecule has 16 heavy (non-hydrogen) atoms. The van der Waals surface area contributed by atoms with Crippen LogP contribution < -0.4 is 4.90 Å². The monoisotopic (exact) mass is 237 g/mol. The molecule has 4 nitrogen and oxygen atoms in total. The summed E-state index contributed by atoms with van der Waals surface area (Å²) in [6.45, 7) is 0.241. The fourth-order valence-electron chi connectivity index (χ4n) is 1.78. The highest BCUT2D eigenvalue weighted by atomic mass is 32.1. The molecular weight excluding hydrogens is 226 g/mol. The third kappa shape index (κ3) is 2.04. The number of benzene rings is 1. The van der Waals surface area contributed by atoms with Crippen LogP contribution in [0.3, 0.4) is 0 Å². The van der Waals surface area contributed by atoms with Gasteiger partial charge in [-0.1, -0.05) is 6.07 Å². The van der Waals surface area contributed by atoms with Gasteiger partial charge >= 0.3 is 5.97 Å². The van der Waals surface area contributed by atoms with E-state index in [0.717, 1.165) is 4.90 Å². The summed E-state index contributed by atoms with van der Waals surface area (Å²) in [6, 6.07) is 7.13. The van der Waals surface area contributed by atoms with E-state index in [1.165, 1.54) is 4.90 Å². The average Bonchev–Trinajstić information content (AvgIpc) is 2.60. The summed E-state index contributed by atoms with van der Waals surface area (Å²) in [7, 11) is 0. The predicted molar refractivity (Wildman–Crippen MR) is 61.8 cm³/mol. The number of hydrogen-bond donors (Lipinski definition) is 2. The van der Waals surface area contributed by atoms with Crippen molar-refractivity contribution in [1.29, 1.82) is 0 Å². The number of carbonyl (C=O) groups is 2. The van der Waals surface area contributed by atoms with Gasteiger partial charge in [-0.05, 0) is 18.2 Å². The highest BCUT2D eigenvalue weighted by molar-refractivity contribution is 7.80. The molecule has 1 aromatic rings. The minimum absolute atomic E-state index is 0.0755. The smallest absolute Gasteiger partial charge is 0.308 e. The van der Waals surface area contributed by atoms with Crippen LogP contribution in [0.1, 0.15) is 6.42 Å². The molecule has 1 heterocycles. The molecule has 0 radical (unpaired) electrons. The molecule has 84 valence electrons. The molecule has 2 rings (SSSR count). The SMILES string of the molecule is O=C(O)C1CC(=O)N(c2cccc(S)c2)C1. The molecule has 1 atom stereocenters. The molecule has 1 aromatic carbocycles. The quantitative estimate of drug-likeness (QED) is 0.765. The Labute approximate surface area is 98.3 Å². The number of nitrogens with zero attached hydrogens (tertiary/aromatic N) is 1. The first-order valence-electron chi connectivity index (χ1n) is 4.90. The van der Waals surface area contributed by atoms with Gasteiger partial charge in [-0.3, -0.25) is 9.59 Å². The highest BCUT2D eigenvalue weighted by Gasteiger charge is 2.34. The first kappa shape index (κ1) is 11.0. The lowest BCUT2D eigenvalue weighted by Gasteiger charge is -2.16. The van der Waals surface area contributed by atoms with E-state index in [1.54, 1.807) is 18.2 Å². The van der Waals surface area contributed by atoms with Crippen LogP contribution in [0.5, 0.6) is 0 Å². The molecule has 0 spiro atoms. The molecule has 0 bridgehead atoms. The van der Waals surface area contributed by atoms with Gasteiger partial charge < -0.3 is 10.0 Å². The Morgan fingerprint density at radius 3 is 2.81 bits per heavy atom. The standard InChI is InChI=1S/C11H11NO3S/c13-10-4-7(11(14)15)6-12(10)8-2-1-3-9(16)5-8/h1-3,5,7,16H,4,6H2,(H,14,15). The van der Waals surface area contributed by atoms with Crippen molar-refractivity contribution in [2.45, 2.75) is 11.3 Å². The number of anilines is 1. The Morgan fingerprint density at radius 1 is 1.50 bits per heavy atom. The molecule has 1 saturated heterocycles. The van der Waals surface area contributed by atoms with Crippen molar-refractivity contribution >= 4 is 30.2 Å². The normalized spacial score (nSPS) is 20.2. The lowest BCUT2D eigenvalue weighted by Crippen LogP contribution is -2.25. The van der Waals surface area contributed by atoms with Gasteiger partial charge in [0.05, 0.1) is 5.92 Å². The maximum absolute atomic E-state index is 11.6. The van der Waals surface area contributed by atoms with Crippen molar-refractivity contribution in [3.05, 3.63) is 24.3 Å². The molecule has 1 amide bonds. The van der Waals surface area contributed by atoms with E-state index in [-0.39, 0.29) is 18.9 Å². The number of hydrogen-bond acceptors (Lipinski definition) is 3. The lowest BCUT2D eigenvalue weighted by molar-refractivity contribution is -0.141. The zero-order valence-electron chi connectivity index (χ0n) is 8.46. The van der Waals surface area contributed by atoms with Gasteiger partial charge in [0.25, 0.3) is 0 Å². The van der Waals surface area contributed by atoms with Gasteiger partial charge in [-0.15, -0.1) is 12.6 Å². The van der Waals surface area contributed by atoms with E-state index >= 15 is 0 Å². The third-order valence-electron chi connectivity index (χ3n) is 2.62. The van der Waals surface area contributed by atoms with E-state index in [2.05, 4.69) is 12.6 Å². The lowest BCUT2D eigenvalue weighted by atomic mass is 10.1. The molecular formula is C11H11NO3S. The highest BCUT2D eigenvalue weighted by Crippen LogP contribution is 2.26. The van der Waals surface area contributed by atoms with Crippen LogP contribution in [0.2, 0.25) is 0 Å². The summed E-state index contributed by atoms with van der Waals surface area (Å²) in [5.74, 6) is -1.67. The molecule has 0 saturated carbocycles. The van der Waals surface area contributed by atoms with E-state index in [0.29, 0.717) is 5.69 Å². The Kier molecular flexibility index (Phi) is 2.87. The Hall–Kier alpha value is -1.49. The fraction of sp³-hybridized carbons (Fsp3) is 0.273. The van der Waals surface area contributed by atoms with Crippen molar-refractivity contribution < 1.29 is 14.7 Å². The average molecular weight is 237 g/mol. The molecule has 1 aliphatic heterocycles. The summed E-state index contributed by atoms with van der Waals surface area (Å²) in [6.07, 6.45) is 0.0755. The first-order chi connectivity index (χ1) is 7.58. The van der Waals surface area contributed by atoms with Gasteiger partial charge in [-0.25, -0.2) is 0 Å². The van der Waals surface area contributed by atoms with Gasteiger partial charge in [0.2, 0.25) is 5.91 Å². The van der Waals surface area contributed by atoms with Crippen LogP contribution in [-0.4, -0.2) is 23.5 Å². The molecule has 0 aliphatic carbocycles. The van der Waals surface area contributed by atoms with Gasteiger partial charge in [0, 0.05) is 23.5 Å². The maximum atomic E-state index is 11.6. The largest absolute Gasteiger partial charge is 0.481 e. The second-order valence-electron chi connectivity index (χ2n) is 3.76.